The lowest BCUT2D eigenvalue weighted by Gasteiger charge is -2.21. The first kappa shape index (κ1) is 14.7. The second-order valence-corrected chi connectivity index (χ2v) is 7.28. The van der Waals surface area contributed by atoms with Crippen LogP contribution in [0.25, 0.3) is 0 Å². The Labute approximate surface area is 121 Å². The average Bonchev–Trinajstić information content (AvgIpc) is 2.68. The van der Waals surface area contributed by atoms with E-state index in [9.17, 15) is 8.42 Å². The molecule has 2 heterocycles. The fourth-order valence-corrected chi connectivity index (χ4v) is 4.28. The van der Waals surface area contributed by atoms with Crippen LogP contribution in [0.2, 0.25) is 0 Å². The highest BCUT2D eigenvalue weighted by Crippen LogP contribution is 2.27. The fourth-order valence-electron chi connectivity index (χ4n) is 2.15. The van der Waals surface area contributed by atoms with E-state index in [1.807, 2.05) is 0 Å². The molecule has 1 saturated heterocycles. The maximum absolute atomic E-state index is 12.6. The Kier molecular flexibility index (Phi) is 4.77. The molecule has 2 rings (SSSR count). The van der Waals surface area contributed by atoms with E-state index in [1.165, 1.54) is 16.6 Å². The number of sulfonamides is 1. The minimum atomic E-state index is -3.55. The summed E-state index contributed by atoms with van der Waals surface area (Å²) in [6.07, 6.45) is 5.45. The van der Waals surface area contributed by atoms with Crippen molar-refractivity contribution in [3.05, 3.63) is 16.7 Å². The molecule has 1 aliphatic rings. The zero-order valence-electron chi connectivity index (χ0n) is 10.5. The summed E-state index contributed by atoms with van der Waals surface area (Å²) >= 11 is 3.24. The van der Waals surface area contributed by atoms with Crippen molar-refractivity contribution in [3.63, 3.8) is 0 Å². The molecule has 0 aromatic carbocycles. The summed E-state index contributed by atoms with van der Waals surface area (Å²) in [5.74, 6) is 5.52. The number of pyridine rings is 1. The fraction of sp³-hybridized carbons (Fsp3) is 0.545. The Bertz CT molecular complexity index is 542. The van der Waals surface area contributed by atoms with Gasteiger partial charge in [0.2, 0.25) is 10.0 Å². The van der Waals surface area contributed by atoms with Crippen LogP contribution in [0.1, 0.15) is 25.7 Å². The van der Waals surface area contributed by atoms with Gasteiger partial charge in [-0.1, -0.05) is 12.8 Å². The second kappa shape index (κ2) is 6.17. The van der Waals surface area contributed by atoms with Crippen molar-refractivity contribution in [2.24, 2.45) is 5.84 Å². The van der Waals surface area contributed by atoms with Crippen molar-refractivity contribution < 1.29 is 8.42 Å². The van der Waals surface area contributed by atoms with Crippen LogP contribution >= 0.6 is 15.9 Å². The topological polar surface area (TPSA) is 88.3 Å². The summed E-state index contributed by atoms with van der Waals surface area (Å²) in [5, 5.41) is 0. The van der Waals surface area contributed by atoms with Crippen LogP contribution in [-0.2, 0) is 10.0 Å². The van der Waals surface area contributed by atoms with Crippen molar-refractivity contribution in [1.82, 2.24) is 9.29 Å². The van der Waals surface area contributed by atoms with Gasteiger partial charge in [-0.3, -0.25) is 0 Å². The Morgan fingerprint density at radius 1 is 1.26 bits per heavy atom. The van der Waals surface area contributed by atoms with E-state index in [4.69, 9.17) is 5.84 Å². The number of halogens is 1. The molecule has 0 saturated carbocycles. The molecule has 19 heavy (non-hydrogen) atoms. The third-order valence-electron chi connectivity index (χ3n) is 3.14. The molecule has 106 valence electrons. The number of nitrogens with zero attached hydrogens (tertiary/aromatic N) is 2. The first-order chi connectivity index (χ1) is 9.05. The predicted molar refractivity (Wildman–Crippen MR) is 77.0 cm³/mol. The number of aromatic nitrogens is 1. The van der Waals surface area contributed by atoms with Gasteiger partial charge in [0.25, 0.3) is 0 Å². The number of hydrogen-bond donors (Lipinski definition) is 2. The van der Waals surface area contributed by atoms with Crippen LogP contribution in [0.5, 0.6) is 0 Å². The number of nitrogens with one attached hydrogen (secondary N) is 1. The SMILES string of the molecule is NNc1ncc(Br)cc1S(=O)(=O)N1CCCCCC1. The number of rotatable bonds is 3. The summed E-state index contributed by atoms with van der Waals surface area (Å²) in [6.45, 7) is 1.11. The third-order valence-corrected chi connectivity index (χ3v) is 5.48. The molecular weight excluding hydrogens is 332 g/mol. The van der Waals surface area contributed by atoms with Crippen molar-refractivity contribution in [2.45, 2.75) is 30.6 Å². The van der Waals surface area contributed by atoms with Crippen LogP contribution in [0.3, 0.4) is 0 Å². The number of hydrogen-bond acceptors (Lipinski definition) is 5. The lowest BCUT2D eigenvalue weighted by molar-refractivity contribution is 0.423. The van der Waals surface area contributed by atoms with Gasteiger partial charge in [0.1, 0.15) is 4.90 Å². The molecule has 6 nitrogen and oxygen atoms in total. The van der Waals surface area contributed by atoms with E-state index in [0.717, 1.165) is 25.7 Å². The van der Waals surface area contributed by atoms with Crippen LogP contribution in [0.4, 0.5) is 5.82 Å². The smallest absolute Gasteiger partial charge is 0.246 e. The highest BCUT2D eigenvalue weighted by molar-refractivity contribution is 9.10. The molecule has 0 atom stereocenters. The van der Waals surface area contributed by atoms with Gasteiger partial charge < -0.3 is 5.43 Å². The molecule has 1 fully saturated rings. The van der Waals surface area contributed by atoms with E-state index in [0.29, 0.717) is 17.6 Å². The maximum atomic E-state index is 12.6. The van der Waals surface area contributed by atoms with Gasteiger partial charge in [-0.15, -0.1) is 0 Å². The van der Waals surface area contributed by atoms with Crippen molar-refractivity contribution in [1.29, 1.82) is 0 Å². The first-order valence-corrected chi connectivity index (χ1v) is 8.41. The summed E-state index contributed by atoms with van der Waals surface area (Å²) in [6, 6.07) is 1.53. The molecule has 0 spiro atoms. The Balaban J connectivity index is 2.40. The van der Waals surface area contributed by atoms with E-state index in [-0.39, 0.29) is 10.7 Å². The summed E-state index contributed by atoms with van der Waals surface area (Å²) in [7, 11) is -3.55. The van der Waals surface area contributed by atoms with Gasteiger partial charge in [-0.05, 0) is 34.8 Å². The molecule has 0 aliphatic carbocycles. The summed E-state index contributed by atoms with van der Waals surface area (Å²) < 4.78 is 27.4. The molecule has 1 aliphatic heterocycles. The van der Waals surface area contributed by atoms with Gasteiger partial charge in [0.15, 0.2) is 5.82 Å². The van der Waals surface area contributed by atoms with E-state index < -0.39 is 10.0 Å². The van der Waals surface area contributed by atoms with E-state index >= 15 is 0 Å². The quantitative estimate of drug-likeness (QED) is 0.641. The molecule has 1 aromatic rings. The zero-order chi connectivity index (χ0) is 13.9. The molecule has 0 unspecified atom stereocenters. The largest absolute Gasteiger partial charge is 0.307 e. The standard InChI is InChI=1S/C11H17BrN4O2S/c12-9-7-10(11(15-13)14-8-9)19(17,18)16-5-3-1-2-4-6-16/h7-8H,1-6,13H2,(H,14,15). The summed E-state index contributed by atoms with van der Waals surface area (Å²) in [5.41, 5.74) is 2.35. The minimum absolute atomic E-state index is 0.117. The molecule has 8 heteroatoms. The number of hydrazine groups is 1. The third kappa shape index (κ3) is 3.25. The highest BCUT2D eigenvalue weighted by atomic mass is 79.9. The van der Waals surface area contributed by atoms with Gasteiger partial charge in [0, 0.05) is 23.8 Å². The van der Waals surface area contributed by atoms with E-state index in [1.54, 1.807) is 0 Å². The zero-order valence-corrected chi connectivity index (χ0v) is 12.9. The van der Waals surface area contributed by atoms with Crippen molar-refractivity contribution >= 4 is 31.8 Å². The maximum Gasteiger partial charge on any atom is 0.246 e. The molecule has 0 amide bonds. The number of nitrogens with two attached hydrogens (primary N) is 1. The van der Waals surface area contributed by atoms with Gasteiger partial charge in [-0.2, -0.15) is 4.31 Å². The van der Waals surface area contributed by atoms with Crippen LogP contribution in [0.15, 0.2) is 21.6 Å². The molecule has 0 bridgehead atoms. The summed E-state index contributed by atoms with van der Waals surface area (Å²) in [4.78, 5) is 4.11. The van der Waals surface area contributed by atoms with Crippen LogP contribution < -0.4 is 11.3 Å². The molecule has 1 aromatic heterocycles. The Morgan fingerprint density at radius 2 is 1.89 bits per heavy atom. The van der Waals surface area contributed by atoms with Crippen LogP contribution in [0, 0.1) is 0 Å². The van der Waals surface area contributed by atoms with Crippen molar-refractivity contribution in [3.8, 4) is 0 Å². The number of anilines is 1. The normalized spacial score (nSPS) is 18.0. The van der Waals surface area contributed by atoms with Crippen LogP contribution in [-0.4, -0.2) is 30.8 Å². The average molecular weight is 349 g/mol. The predicted octanol–water partition coefficient (Wildman–Crippen LogP) is 1.69. The molecule has 3 N–H and O–H groups in total. The lowest BCUT2D eigenvalue weighted by atomic mass is 10.2. The lowest BCUT2D eigenvalue weighted by Crippen LogP contribution is -2.33. The van der Waals surface area contributed by atoms with Gasteiger partial charge in [-0.25, -0.2) is 19.2 Å². The van der Waals surface area contributed by atoms with Crippen molar-refractivity contribution in [2.75, 3.05) is 18.5 Å². The first-order valence-electron chi connectivity index (χ1n) is 6.18. The number of nitrogen functional groups attached to an aromatic ring is 1. The van der Waals surface area contributed by atoms with E-state index in [2.05, 4.69) is 26.3 Å². The second-order valence-electron chi connectivity index (χ2n) is 4.46. The Hall–Kier alpha value is -0.700. The molecule has 0 radical (unpaired) electrons. The van der Waals surface area contributed by atoms with Gasteiger partial charge >= 0.3 is 0 Å². The minimum Gasteiger partial charge on any atom is -0.307 e. The molecular formula is C11H17BrN4O2S. The highest BCUT2D eigenvalue weighted by Gasteiger charge is 2.28. The monoisotopic (exact) mass is 348 g/mol. The Morgan fingerprint density at radius 3 is 2.47 bits per heavy atom. The van der Waals surface area contributed by atoms with Gasteiger partial charge in [0.05, 0.1) is 0 Å².